The molecule has 0 bridgehead atoms. The number of rotatable bonds is 7. The molecule has 0 radical (unpaired) electrons. The van der Waals surface area contributed by atoms with Crippen molar-refractivity contribution in [2.45, 2.75) is 18.6 Å². The summed E-state index contributed by atoms with van der Waals surface area (Å²) in [6, 6.07) is 7.63. The second-order valence-corrected chi connectivity index (χ2v) is 6.64. The van der Waals surface area contributed by atoms with Crippen molar-refractivity contribution in [1.82, 2.24) is 25.0 Å². The first kappa shape index (κ1) is 17.4. The lowest BCUT2D eigenvalue weighted by atomic mass is 10.2. The highest BCUT2D eigenvalue weighted by Gasteiger charge is 2.15. The Balaban J connectivity index is 1.69. The second-order valence-electron chi connectivity index (χ2n) is 4.86. The van der Waals surface area contributed by atoms with Gasteiger partial charge in [-0.15, -0.1) is 20.4 Å². The van der Waals surface area contributed by atoms with E-state index in [1.165, 1.54) is 23.1 Å². The van der Waals surface area contributed by atoms with Gasteiger partial charge in [-0.3, -0.25) is 10.1 Å². The van der Waals surface area contributed by atoms with Crippen LogP contribution >= 0.6 is 23.1 Å². The highest BCUT2D eigenvalue weighted by atomic mass is 32.2. The summed E-state index contributed by atoms with van der Waals surface area (Å²) in [7, 11) is 1.63. The molecule has 0 aliphatic rings. The fourth-order valence-corrected chi connectivity index (χ4v) is 3.41. The van der Waals surface area contributed by atoms with Crippen LogP contribution in [0.4, 0.5) is 5.13 Å². The van der Waals surface area contributed by atoms with Gasteiger partial charge in [-0.1, -0.05) is 23.1 Å². The molecule has 0 saturated heterocycles. The number of nitrogens with one attached hydrogen (secondary N) is 1. The van der Waals surface area contributed by atoms with Crippen LogP contribution in [0.5, 0.6) is 5.75 Å². The van der Waals surface area contributed by atoms with E-state index in [4.69, 9.17) is 4.74 Å². The third-order valence-electron chi connectivity index (χ3n) is 3.32. The fourth-order valence-electron chi connectivity index (χ4n) is 2.15. The van der Waals surface area contributed by atoms with Crippen molar-refractivity contribution in [3.8, 4) is 17.1 Å². The van der Waals surface area contributed by atoms with E-state index < -0.39 is 0 Å². The average Bonchev–Trinajstić information content (AvgIpc) is 3.29. The van der Waals surface area contributed by atoms with E-state index in [9.17, 15) is 4.79 Å². The summed E-state index contributed by atoms with van der Waals surface area (Å²) in [4.78, 5) is 12.0. The lowest BCUT2D eigenvalue weighted by Crippen LogP contribution is -2.14. The monoisotopic (exact) mass is 376 g/mol. The largest absolute Gasteiger partial charge is 0.497 e. The van der Waals surface area contributed by atoms with Crippen molar-refractivity contribution in [3.63, 3.8) is 0 Å². The highest BCUT2D eigenvalue weighted by molar-refractivity contribution is 7.99. The quantitative estimate of drug-likeness (QED) is 0.633. The number of carbonyl (C=O) groups excluding carboxylic acids is 1. The molecule has 8 nitrogen and oxygen atoms in total. The molecular weight excluding hydrogens is 360 g/mol. The number of hydrogen-bond acceptors (Lipinski definition) is 8. The van der Waals surface area contributed by atoms with Gasteiger partial charge in [0.1, 0.15) is 11.3 Å². The Kier molecular flexibility index (Phi) is 5.61. The van der Waals surface area contributed by atoms with E-state index in [-0.39, 0.29) is 11.7 Å². The van der Waals surface area contributed by atoms with Crippen LogP contribution in [0, 0.1) is 0 Å². The molecule has 0 unspecified atom stereocenters. The molecule has 1 N–H and O–H groups in total. The lowest BCUT2D eigenvalue weighted by Gasteiger charge is -2.07. The molecular formula is C15H16N6O2S2. The van der Waals surface area contributed by atoms with Crippen molar-refractivity contribution < 1.29 is 9.53 Å². The Morgan fingerprint density at radius 1 is 1.28 bits per heavy atom. The first-order valence-corrected chi connectivity index (χ1v) is 9.34. The molecule has 0 fully saturated rings. The summed E-state index contributed by atoms with van der Waals surface area (Å²) in [5.74, 6) is 1.62. The van der Waals surface area contributed by atoms with Crippen molar-refractivity contribution >= 4 is 34.1 Å². The smallest absolute Gasteiger partial charge is 0.236 e. The van der Waals surface area contributed by atoms with E-state index in [1.807, 2.05) is 35.8 Å². The van der Waals surface area contributed by atoms with E-state index in [2.05, 4.69) is 25.7 Å². The third kappa shape index (κ3) is 4.15. The molecule has 130 valence electrons. The zero-order valence-corrected chi connectivity index (χ0v) is 15.3. The molecule has 0 saturated carbocycles. The summed E-state index contributed by atoms with van der Waals surface area (Å²) in [5, 5.41) is 19.8. The van der Waals surface area contributed by atoms with E-state index >= 15 is 0 Å². The van der Waals surface area contributed by atoms with Gasteiger partial charge in [0.15, 0.2) is 11.0 Å². The normalized spacial score (nSPS) is 10.6. The maximum absolute atomic E-state index is 12.0. The van der Waals surface area contributed by atoms with Crippen LogP contribution in [0.15, 0.2) is 34.9 Å². The van der Waals surface area contributed by atoms with Gasteiger partial charge in [0.25, 0.3) is 0 Å². The number of anilines is 1. The van der Waals surface area contributed by atoms with Gasteiger partial charge in [0.05, 0.1) is 12.9 Å². The minimum atomic E-state index is -0.154. The predicted octanol–water partition coefficient (Wildman–Crippen LogP) is 2.56. The number of hydrogen-bond donors (Lipinski definition) is 1. The molecule has 3 rings (SSSR count). The van der Waals surface area contributed by atoms with Gasteiger partial charge >= 0.3 is 0 Å². The van der Waals surface area contributed by atoms with Crippen LogP contribution in [0.1, 0.15) is 6.92 Å². The molecule has 0 aliphatic carbocycles. The van der Waals surface area contributed by atoms with Crippen molar-refractivity contribution in [2.24, 2.45) is 0 Å². The van der Waals surface area contributed by atoms with Crippen molar-refractivity contribution in [1.29, 1.82) is 0 Å². The first-order chi connectivity index (χ1) is 12.2. The summed E-state index contributed by atoms with van der Waals surface area (Å²) in [6.07, 6.45) is 0. The maximum Gasteiger partial charge on any atom is 0.236 e. The number of aromatic nitrogens is 5. The Morgan fingerprint density at radius 3 is 2.72 bits per heavy atom. The standard InChI is InChI=1S/C15H16N6O2S2/c1-3-21-13(10-4-6-11(23-2)7-5-10)18-20-15(21)24-8-12(22)17-14-19-16-9-25-14/h4-7,9H,3,8H2,1-2H3,(H,17,19,22). The average molecular weight is 376 g/mol. The number of nitrogens with zero attached hydrogens (tertiary/aromatic N) is 5. The molecule has 2 heterocycles. The van der Waals surface area contributed by atoms with Crippen LogP contribution in [-0.4, -0.2) is 43.7 Å². The number of thioether (sulfide) groups is 1. The second kappa shape index (κ2) is 8.08. The minimum Gasteiger partial charge on any atom is -0.497 e. The van der Waals surface area contributed by atoms with Crippen molar-refractivity contribution in [3.05, 3.63) is 29.8 Å². The zero-order valence-electron chi connectivity index (χ0n) is 13.7. The topological polar surface area (TPSA) is 94.8 Å². The Morgan fingerprint density at radius 2 is 2.08 bits per heavy atom. The zero-order chi connectivity index (χ0) is 17.6. The summed E-state index contributed by atoms with van der Waals surface area (Å²) < 4.78 is 7.15. The highest BCUT2D eigenvalue weighted by Crippen LogP contribution is 2.25. The van der Waals surface area contributed by atoms with E-state index in [1.54, 1.807) is 12.6 Å². The van der Waals surface area contributed by atoms with Crippen LogP contribution in [0.25, 0.3) is 11.4 Å². The molecule has 1 amide bonds. The Hall–Kier alpha value is -2.46. The van der Waals surface area contributed by atoms with E-state index in [0.29, 0.717) is 16.8 Å². The van der Waals surface area contributed by atoms with Crippen molar-refractivity contribution in [2.75, 3.05) is 18.2 Å². The molecule has 3 aromatic rings. The Bertz CT molecular complexity index is 832. The van der Waals surface area contributed by atoms with Gasteiger partial charge in [0.2, 0.25) is 11.0 Å². The van der Waals surface area contributed by atoms with Crippen LogP contribution in [0.3, 0.4) is 0 Å². The minimum absolute atomic E-state index is 0.154. The van der Waals surface area contributed by atoms with Crippen LogP contribution in [-0.2, 0) is 11.3 Å². The maximum atomic E-state index is 12.0. The third-order valence-corrected chi connectivity index (χ3v) is 4.89. The number of ether oxygens (including phenoxy) is 1. The van der Waals surface area contributed by atoms with Crippen LogP contribution in [0.2, 0.25) is 0 Å². The fraction of sp³-hybridized carbons (Fsp3) is 0.267. The number of amides is 1. The molecule has 10 heteroatoms. The van der Waals surface area contributed by atoms with E-state index in [0.717, 1.165) is 17.1 Å². The van der Waals surface area contributed by atoms with Crippen LogP contribution < -0.4 is 10.1 Å². The molecule has 0 spiro atoms. The molecule has 0 atom stereocenters. The van der Waals surface area contributed by atoms with Gasteiger partial charge in [-0.05, 0) is 31.2 Å². The predicted molar refractivity (Wildman–Crippen MR) is 96.9 cm³/mol. The first-order valence-electron chi connectivity index (χ1n) is 7.47. The molecule has 0 aliphatic heterocycles. The molecule has 2 aromatic heterocycles. The number of carbonyl (C=O) groups is 1. The van der Waals surface area contributed by atoms with Gasteiger partial charge in [-0.25, -0.2) is 0 Å². The van der Waals surface area contributed by atoms with Gasteiger partial charge in [-0.2, -0.15) is 0 Å². The number of methoxy groups -OCH3 is 1. The van der Waals surface area contributed by atoms with Gasteiger partial charge < -0.3 is 9.30 Å². The Labute approximate surface area is 152 Å². The number of benzene rings is 1. The lowest BCUT2D eigenvalue weighted by molar-refractivity contribution is -0.113. The summed E-state index contributed by atoms with van der Waals surface area (Å²) in [6.45, 7) is 2.72. The van der Waals surface area contributed by atoms with Gasteiger partial charge in [0, 0.05) is 12.1 Å². The summed E-state index contributed by atoms with van der Waals surface area (Å²) >= 11 is 2.61. The molecule has 1 aromatic carbocycles. The molecule has 25 heavy (non-hydrogen) atoms. The summed E-state index contributed by atoms with van der Waals surface area (Å²) in [5.41, 5.74) is 2.51. The SMILES string of the molecule is CCn1c(SCC(=O)Nc2nncs2)nnc1-c1ccc(OC)cc1.